The van der Waals surface area contributed by atoms with Crippen LogP contribution in [-0.4, -0.2) is 30.6 Å². The Morgan fingerprint density at radius 2 is 0.679 bits per heavy atom. The Labute approximate surface area is 179 Å². The van der Waals surface area contributed by atoms with Crippen LogP contribution < -0.4 is 15.9 Å². The SMILES string of the molecule is CC[PH](c1ccccc1)(c1ccccc1)c1ccccc1.F.F.F.F.F.F.[Sb]. The third-order valence-corrected chi connectivity index (χ3v) is 9.35. The zero-order valence-electron chi connectivity index (χ0n) is 15.3. The van der Waals surface area contributed by atoms with E-state index in [1.54, 1.807) is 0 Å². The Hall–Kier alpha value is -1.51. The molecule has 28 heavy (non-hydrogen) atoms. The minimum Gasteiger partial charge on any atom is -0.269 e. The molecule has 3 aromatic rings. The molecule has 8 heteroatoms. The van der Waals surface area contributed by atoms with Crippen molar-refractivity contribution >= 4 is 47.6 Å². The maximum atomic E-state index is 2.33. The van der Waals surface area contributed by atoms with Gasteiger partial charge in [0.1, 0.15) is 0 Å². The topological polar surface area (TPSA) is 0 Å². The van der Waals surface area contributed by atoms with Crippen molar-refractivity contribution in [3.63, 3.8) is 0 Å². The fourth-order valence-electron chi connectivity index (χ4n) is 3.28. The molecular formula is C20H27F6PSb. The molecule has 0 heterocycles. The van der Waals surface area contributed by atoms with Crippen LogP contribution in [0.1, 0.15) is 6.92 Å². The van der Waals surface area contributed by atoms with Crippen LogP contribution in [0.15, 0.2) is 91.0 Å². The summed E-state index contributed by atoms with van der Waals surface area (Å²) in [6, 6.07) is 33.1. The normalized spacial score (nSPS) is 9.04. The second-order valence-corrected chi connectivity index (χ2v) is 9.61. The quantitative estimate of drug-likeness (QED) is 0.267. The molecule has 0 saturated heterocycles. The standard InChI is InChI=1S/C20H21P.6FH.Sb/c1-2-21(18-12-6-3-7-13-18,19-14-8-4-9-15-19)20-16-10-5-11-17-20;;;;;;;/h3-17,21H,2H2,1H3;6*1H;. The summed E-state index contributed by atoms with van der Waals surface area (Å²) in [5.41, 5.74) is 0. The van der Waals surface area contributed by atoms with Crippen LogP contribution in [-0.2, 0) is 0 Å². The van der Waals surface area contributed by atoms with Gasteiger partial charge in [0.2, 0.25) is 0 Å². The Kier molecular flexibility index (Phi) is 23.4. The van der Waals surface area contributed by atoms with Crippen LogP contribution in [0, 0.1) is 0 Å². The average molecular weight is 534 g/mol. The van der Waals surface area contributed by atoms with Crippen LogP contribution in [0.2, 0.25) is 0 Å². The van der Waals surface area contributed by atoms with Crippen molar-refractivity contribution in [1.29, 1.82) is 0 Å². The van der Waals surface area contributed by atoms with Gasteiger partial charge in [-0.3, -0.25) is 28.2 Å². The zero-order valence-corrected chi connectivity index (χ0v) is 18.8. The summed E-state index contributed by atoms with van der Waals surface area (Å²) >= 11 is 0. The molecule has 0 fully saturated rings. The van der Waals surface area contributed by atoms with Gasteiger partial charge in [0.05, 0.1) is 0 Å². The number of rotatable bonds is 4. The minimum absolute atomic E-state index is 0. The van der Waals surface area contributed by atoms with E-state index in [4.69, 9.17) is 0 Å². The zero-order chi connectivity index (χ0) is 14.5. The fourth-order valence-corrected chi connectivity index (χ4v) is 7.79. The fraction of sp³-hybridized carbons (Fsp3) is 0.100. The van der Waals surface area contributed by atoms with Crippen LogP contribution in [0.4, 0.5) is 28.2 Å². The van der Waals surface area contributed by atoms with Gasteiger partial charge in [0, 0.05) is 24.4 Å². The predicted molar refractivity (Wildman–Crippen MR) is 118 cm³/mol. The van der Waals surface area contributed by atoms with E-state index in [0.29, 0.717) is 0 Å². The van der Waals surface area contributed by atoms with E-state index in [9.17, 15) is 0 Å². The van der Waals surface area contributed by atoms with Gasteiger partial charge in [0.15, 0.2) is 0 Å². The third-order valence-electron chi connectivity index (χ3n) is 4.33. The molecule has 159 valence electrons. The monoisotopic (exact) mass is 533 g/mol. The molecule has 0 nitrogen and oxygen atoms in total. The van der Waals surface area contributed by atoms with Crippen molar-refractivity contribution in [2.75, 3.05) is 6.16 Å². The summed E-state index contributed by atoms with van der Waals surface area (Å²) in [7, 11) is -1.90. The smallest absolute Gasteiger partial charge is 0 e. The first kappa shape index (κ1) is 37.3. The largest absolute Gasteiger partial charge is 0.269 e. The number of hydrogen-bond donors (Lipinski definition) is 0. The Balaban J connectivity index is -0.000000252. The minimum atomic E-state index is -1.90. The summed E-state index contributed by atoms with van der Waals surface area (Å²) in [4.78, 5) is 0. The third kappa shape index (κ3) is 7.14. The van der Waals surface area contributed by atoms with Crippen molar-refractivity contribution in [2.45, 2.75) is 6.92 Å². The molecule has 0 aliphatic carbocycles. The van der Waals surface area contributed by atoms with Crippen molar-refractivity contribution < 1.29 is 28.2 Å². The molecule has 0 unspecified atom stereocenters. The summed E-state index contributed by atoms with van der Waals surface area (Å²) in [6.45, 7) is 2.33. The second kappa shape index (κ2) is 17.6. The van der Waals surface area contributed by atoms with E-state index < -0.39 is 7.26 Å². The Morgan fingerprint density at radius 3 is 0.857 bits per heavy atom. The van der Waals surface area contributed by atoms with Gasteiger partial charge >= 0.3 is 127 Å². The van der Waals surface area contributed by atoms with Crippen molar-refractivity contribution in [2.24, 2.45) is 0 Å². The maximum absolute atomic E-state index is 2.33. The second-order valence-electron chi connectivity index (χ2n) is 5.36. The molecular weight excluding hydrogens is 507 g/mol. The molecule has 3 rings (SSSR count). The molecule has 0 N–H and O–H groups in total. The average Bonchev–Trinajstić information content (AvgIpc) is 2.59. The summed E-state index contributed by atoms with van der Waals surface area (Å²) < 4.78 is 0. The number of halogens is 6. The van der Waals surface area contributed by atoms with Crippen molar-refractivity contribution in [3.05, 3.63) is 91.0 Å². The van der Waals surface area contributed by atoms with Crippen LogP contribution in [0.5, 0.6) is 0 Å². The molecule has 0 aromatic heterocycles. The first-order chi connectivity index (χ1) is 10.4. The summed E-state index contributed by atoms with van der Waals surface area (Å²) in [6.07, 6.45) is 1.17. The van der Waals surface area contributed by atoms with E-state index in [1.807, 2.05) is 0 Å². The number of benzene rings is 3. The van der Waals surface area contributed by atoms with E-state index in [2.05, 4.69) is 97.9 Å². The van der Waals surface area contributed by atoms with Crippen molar-refractivity contribution in [1.82, 2.24) is 0 Å². The molecule has 0 spiro atoms. The van der Waals surface area contributed by atoms with Gasteiger partial charge in [-0.1, -0.05) is 0 Å². The van der Waals surface area contributed by atoms with E-state index >= 15 is 0 Å². The number of hydrogen-bond acceptors (Lipinski definition) is 0. The van der Waals surface area contributed by atoms with Gasteiger partial charge < -0.3 is 0 Å². The van der Waals surface area contributed by atoms with Gasteiger partial charge in [-0.05, 0) is 0 Å². The molecule has 0 saturated carbocycles. The van der Waals surface area contributed by atoms with Gasteiger partial charge in [-0.25, -0.2) is 0 Å². The Bertz CT molecular complexity index is 605. The predicted octanol–water partition coefficient (Wildman–Crippen LogP) is 4.27. The van der Waals surface area contributed by atoms with Gasteiger partial charge in [0.25, 0.3) is 0 Å². The van der Waals surface area contributed by atoms with Gasteiger partial charge in [-0.15, -0.1) is 0 Å². The van der Waals surface area contributed by atoms with Crippen LogP contribution in [0.3, 0.4) is 0 Å². The molecule has 0 aliphatic rings. The molecule has 3 radical (unpaired) electrons. The van der Waals surface area contributed by atoms with E-state index in [-0.39, 0.29) is 52.7 Å². The first-order valence-electron chi connectivity index (χ1n) is 7.54. The van der Waals surface area contributed by atoms with E-state index in [0.717, 1.165) is 0 Å². The molecule has 0 bridgehead atoms. The summed E-state index contributed by atoms with van der Waals surface area (Å²) in [5, 5.41) is 4.47. The van der Waals surface area contributed by atoms with Crippen LogP contribution in [0.25, 0.3) is 0 Å². The molecule has 3 aromatic carbocycles. The van der Waals surface area contributed by atoms with Crippen molar-refractivity contribution in [3.8, 4) is 0 Å². The summed E-state index contributed by atoms with van der Waals surface area (Å²) in [5.74, 6) is 0. The molecule has 0 amide bonds. The molecule has 0 atom stereocenters. The molecule has 0 aliphatic heterocycles. The first-order valence-corrected chi connectivity index (χ1v) is 9.75. The maximum Gasteiger partial charge on any atom is 0 e. The van der Waals surface area contributed by atoms with E-state index in [1.165, 1.54) is 22.1 Å². The Morgan fingerprint density at radius 1 is 0.464 bits per heavy atom. The van der Waals surface area contributed by atoms with Gasteiger partial charge in [-0.2, -0.15) is 0 Å². The van der Waals surface area contributed by atoms with Crippen LogP contribution >= 0.6 is 7.26 Å².